The Hall–Kier alpha value is -2.11. The number of nitrogens with one attached hydrogen (secondary N) is 1. The Morgan fingerprint density at radius 3 is 2.94 bits per heavy atom. The number of nitrogens with zero attached hydrogens (tertiary/aromatic N) is 1. The molecule has 1 heterocycles. The van der Waals surface area contributed by atoms with E-state index in [9.17, 15) is 9.59 Å². The first kappa shape index (κ1) is 12.0. The molecule has 0 radical (unpaired) electrons. The van der Waals surface area contributed by atoms with E-state index >= 15 is 0 Å². The zero-order valence-electron chi connectivity index (χ0n) is 8.77. The van der Waals surface area contributed by atoms with Crippen LogP contribution in [0.15, 0.2) is 18.5 Å². The number of carbonyl (C=O) groups is 2. The van der Waals surface area contributed by atoms with Gasteiger partial charge in [-0.2, -0.15) is 0 Å². The van der Waals surface area contributed by atoms with E-state index in [-0.39, 0.29) is 23.8 Å². The highest BCUT2D eigenvalue weighted by Gasteiger charge is 2.10. The van der Waals surface area contributed by atoms with E-state index in [0.717, 1.165) is 0 Å². The molecule has 1 aromatic rings. The van der Waals surface area contributed by atoms with Crippen LogP contribution in [-0.2, 0) is 4.79 Å². The first-order valence-electron chi connectivity index (χ1n) is 4.66. The molecular formula is C10H12N2O4. The lowest BCUT2D eigenvalue weighted by Gasteiger charge is -2.08. The number of carboxylic acids is 1. The van der Waals surface area contributed by atoms with Gasteiger partial charge in [-0.3, -0.25) is 9.78 Å². The van der Waals surface area contributed by atoms with Crippen molar-refractivity contribution >= 4 is 11.9 Å². The molecule has 0 aliphatic carbocycles. The largest absolute Gasteiger partial charge is 0.489 e. The summed E-state index contributed by atoms with van der Waals surface area (Å²) < 4.78 is 5.19. The average Bonchev–Trinajstić information content (AvgIpc) is 2.24. The Kier molecular flexibility index (Phi) is 4.26. The molecule has 0 unspecified atom stereocenters. The number of carbonyl (C=O) groups excluding carboxylic acids is 1. The molecule has 16 heavy (non-hydrogen) atoms. The maximum atomic E-state index is 10.8. The summed E-state index contributed by atoms with van der Waals surface area (Å²) >= 11 is 0. The molecule has 0 aliphatic heterocycles. The number of aromatic carboxylic acids is 1. The van der Waals surface area contributed by atoms with Gasteiger partial charge in [-0.1, -0.05) is 0 Å². The first-order chi connectivity index (χ1) is 7.61. The van der Waals surface area contributed by atoms with Crippen LogP contribution in [0.1, 0.15) is 17.3 Å². The fourth-order valence-electron chi connectivity index (χ4n) is 1.06. The Morgan fingerprint density at radius 1 is 1.56 bits per heavy atom. The third kappa shape index (κ3) is 3.56. The molecule has 0 atom stereocenters. The summed E-state index contributed by atoms with van der Waals surface area (Å²) in [6.45, 7) is 1.92. The van der Waals surface area contributed by atoms with Gasteiger partial charge < -0.3 is 15.2 Å². The predicted molar refractivity (Wildman–Crippen MR) is 55.4 cm³/mol. The molecule has 1 amide bonds. The van der Waals surface area contributed by atoms with E-state index in [1.54, 1.807) is 0 Å². The molecule has 0 spiro atoms. The van der Waals surface area contributed by atoms with Gasteiger partial charge in [0.1, 0.15) is 12.2 Å². The van der Waals surface area contributed by atoms with Gasteiger partial charge in [0.2, 0.25) is 5.91 Å². The number of carboxylic acid groups (broad SMARTS) is 1. The third-order valence-electron chi connectivity index (χ3n) is 1.75. The van der Waals surface area contributed by atoms with Crippen LogP contribution >= 0.6 is 0 Å². The summed E-state index contributed by atoms with van der Waals surface area (Å²) in [6, 6.07) is 1.36. The highest BCUT2D eigenvalue weighted by molar-refractivity contribution is 5.90. The lowest BCUT2D eigenvalue weighted by atomic mass is 10.2. The van der Waals surface area contributed by atoms with E-state index in [1.165, 1.54) is 25.4 Å². The Bertz CT molecular complexity index is 392. The summed E-state index contributed by atoms with van der Waals surface area (Å²) in [5, 5.41) is 11.4. The number of hydrogen-bond acceptors (Lipinski definition) is 4. The number of amides is 1. The molecular weight excluding hydrogens is 212 g/mol. The van der Waals surface area contributed by atoms with Gasteiger partial charge in [0.15, 0.2) is 5.75 Å². The van der Waals surface area contributed by atoms with Crippen LogP contribution in [-0.4, -0.2) is 35.1 Å². The second-order valence-electron chi connectivity index (χ2n) is 3.01. The zero-order chi connectivity index (χ0) is 12.0. The van der Waals surface area contributed by atoms with Gasteiger partial charge >= 0.3 is 5.97 Å². The molecule has 1 aromatic heterocycles. The second-order valence-corrected chi connectivity index (χ2v) is 3.01. The minimum atomic E-state index is -1.07. The molecule has 2 N–H and O–H groups in total. The lowest BCUT2D eigenvalue weighted by Crippen LogP contribution is -2.25. The molecule has 0 aromatic carbocycles. The van der Waals surface area contributed by atoms with Gasteiger partial charge in [-0.05, 0) is 6.07 Å². The van der Waals surface area contributed by atoms with Crippen molar-refractivity contribution in [3.05, 3.63) is 24.0 Å². The minimum Gasteiger partial charge on any atom is -0.489 e. The Balaban J connectivity index is 2.53. The number of pyridine rings is 1. The minimum absolute atomic E-state index is 0.0535. The predicted octanol–water partition coefficient (Wildman–Crippen LogP) is 0.295. The first-order valence-corrected chi connectivity index (χ1v) is 4.66. The quantitative estimate of drug-likeness (QED) is 0.702. The third-order valence-corrected chi connectivity index (χ3v) is 1.75. The number of rotatable bonds is 5. The topological polar surface area (TPSA) is 88.5 Å². The van der Waals surface area contributed by atoms with Gasteiger partial charge in [0, 0.05) is 13.1 Å². The van der Waals surface area contributed by atoms with Gasteiger partial charge in [-0.25, -0.2) is 4.79 Å². The molecule has 0 aliphatic rings. The highest BCUT2D eigenvalue weighted by atomic mass is 16.5. The van der Waals surface area contributed by atoms with Crippen LogP contribution in [0.2, 0.25) is 0 Å². The van der Waals surface area contributed by atoms with Crippen molar-refractivity contribution in [2.45, 2.75) is 6.92 Å². The maximum absolute atomic E-state index is 10.8. The molecule has 1 rings (SSSR count). The fourth-order valence-corrected chi connectivity index (χ4v) is 1.06. The van der Waals surface area contributed by atoms with E-state index < -0.39 is 5.97 Å². The number of ether oxygens (including phenoxy) is 1. The molecule has 6 heteroatoms. The van der Waals surface area contributed by atoms with Crippen molar-refractivity contribution < 1.29 is 19.4 Å². The Labute approximate surface area is 92.3 Å². The average molecular weight is 224 g/mol. The van der Waals surface area contributed by atoms with Crippen molar-refractivity contribution in [2.75, 3.05) is 13.2 Å². The summed E-state index contributed by atoms with van der Waals surface area (Å²) in [7, 11) is 0. The van der Waals surface area contributed by atoms with Crippen molar-refractivity contribution in [2.24, 2.45) is 0 Å². The molecule has 0 saturated carbocycles. The smallest absolute Gasteiger partial charge is 0.339 e. The highest BCUT2D eigenvalue weighted by Crippen LogP contribution is 2.15. The molecule has 0 saturated heterocycles. The molecule has 0 fully saturated rings. The molecule has 86 valence electrons. The second kappa shape index (κ2) is 5.69. The van der Waals surface area contributed by atoms with E-state index in [0.29, 0.717) is 6.54 Å². The SMILES string of the molecule is CC(=O)NCCOc1cnccc1C(=O)O. The van der Waals surface area contributed by atoms with E-state index in [1.807, 2.05) is 0 Å². The van der Waals surface area contributed by atoms with E-state index in [4.69, 9.17) is 9.84 Å². The van der Waals surface area contributed by atoms with Crippen molar-refractivity contribution in [3.8, 4) is 5.75 Å². The lowest BCUT2D eigenvalue weighted by molar-refractivity contribution is -0.119. The zero-order valence-corrected chi connectivity index (χ0v) is 8.77. The standard InChI is InChI=1S/C10H12N2O4/c1-7(13)12-4-5-16-9-6-11-3-2-8(9)10(14)15/h2-3,6H,4-5H2,1H3,(H,12,13)(H,14,15). The Morgan fingerprint density at radius 2 is 2.31 bits per heavy atom. The maximum Gasteiger partial charge on any atom is 0.339 e. The number of hydrogen-bond donors (Lipinski definition) is 2. The summed E-state index contributed by atoms with van der Waals surface area (Å²) in [6.07, 6.45) is 2.71. The van der Waals surface area contributed by atoms with Crippen LogP contribution < -0.4 is 10.1 Å². The molecule has 0 bridgehead atoms. The summed E-state index contributed by atoms with van der Waals surface area (Å²) in [5.74, 6) is -1.04. The number of aromatic nitrogens is 1. The van der Waals surface area contributed by atoms with Gasteiger partial charge in [0.05, 0.1) is 12.7 Å². The van der Waals surface area contributed by atoms with Gasteiger partial charge in [-0.15, -0.1) is 0 Å². The summed E-state index contributed by atoms with van der Waals surface area (Å²) in [4.78, 5) is 25.1. The normalized spacial score (nSPS) is 9.56. The monoisotopic (exact) mass is 224 g/mol. The van der Waals surface area contributed by atoms with E-state index in [2.05, 4.69) is 10.3 Å². The van der Waals surface area contributed by atoms with Crippen LogP contribution in [0, 0.1) is 0 Å². The van der Waals surface area contributed by atoms with Gasteiger partial charge in [0.25, 0.3) is 0 Å². The molecule has 6 nitrogen and oxygen atoms in total. The van der Waals surface area contributed by atoms with Crippen LogP contribution in [0.5, 0.6) is 5.75 Å². The fraction of sp³-hybridized carbons (Fsp3) is 0.300. The van der Waals surface area contributed by atoms with Crippen LogP contribution in [0.4, 0.5) is 0 Å². The van der Waals surface area contributed by atoms with Crippen LogP contribution in [0.25, 0.3) is 0 Å². The van der Waals surface area contributed by atoms with Crippen molar-refractivity contribution in [3.63, 3.8) is 0 Å². The summed E-state index contributed by atoms with van der Waals surface area (Å²) in [5.41, 5.74) is 0.0535. The van der Waals surface area contributed by atoms with Crippen molar-refractivity contribution in [1.29, 1.82) is 0 Å². The van der Waals surface area contributed by atoms with Crippen molar-refractivity contribution in [1.82, 2.24) is 10.3 Å². The van der Waals surface area contributed by atoms with Crippen LogP contribution in [0.3, 0.4) is 0 Å².